The maximum atomic E-state index is 13.6. The topological polar surface area (TPSA) is 66.4 Å². The van der Waals surface area contributed by atoms with Gasteiger partial charge in [0.15, 0.2) is 0 Å². The van der Waals surface area contributed by atoms with Crippen LogP contribution in [0.4, 0.5) is 26.3 Å². The quantitative estimate of drug-likeness (QED) is 0.519. The van der Waals surface area contributed by atoms with E-state index < -0.39 is 41.7 Å². The van der Waals surface area contributed by atoms with E-state index in [9.17, 15) is 41.0 Å². The molecule has 0 unspecified atom stereocenters. The van der Waals surface area contributed by atoms with E-state index in [2.05, 4.69) is 4.74 Å². The van der Waals surface area contributed by atoms with Crippen molar-refractivity contribution in [3.63, 3.8) is 0 Å². The van der Waals surface area contributed by atoms with Gasteiger partial charge in [0.2, 0.25) is 0 Å². The van der Waals surface area contributed by atoms with E-state index in [4.69, 9.17) is 0 Å². The molecule has 4 aliphatic rings. The summed E-state index contributed by atoms with van der Waals surface area (Å²) < 4.78 is 84.1. The minimum absolute atomic E-state index is 0.365. The molecule has 0 heterocycles. The van der Waals surface area contributed by atoms with E-state index in [1.54, 1.807) is 0 Å². The monoisotopic (exact) mass is 387 g/mol. The minimum Gasteiger partial charge on any atom is -0.544 e. The first kappa shape index (κ1) is 19.3. The van der Waals surface area contributed by atoms with Crippen LogP contribution in [0.15, 0.2) is 0 Å². The number of ether oxygens (including phenoxy) is 1. The second-order valence-corrected chi connectivity index (χ2v) is 8.00. The fourth-order valence-corrected chi connectivity index (χ4v) is 5.23. The van der Waals surface area contributed by atoms with Crippen LogP contribution in [0.2, 0.25) is 0 Å². The van der Waals surface area contributed by atoms with E-state index >= 15 is 0 Å². The fourth-order valence-electron chi connectivity index (χ4n) is 5.23. The van der Waals surface area contributed by atoms with Crippen molar-refractivity contribution in [3.8, 4) is 0 Å². The first-order chi connectivity index (χ1) is 11.8. The summed E-state index contributed by atoms with van der Waals surface area (Å²) in [5.74, 6) is -24.2. The standard InChI is InChI=1S/C16H18F6O4/c17-14(18,11(23)24)16(21,22)15(19,20)12(25)26-7-13-4-8-1-9(5-13)3-10(2-8)6-13/h8-10H,1-7H2,(H,23,24)/p-1. The molecule has 4 aliphatic carbocycles. The van der Waals surface area contributed by atoms with Gasteiger partial charge in [0.25, 0.3) is 0 Å². The molecule has 0 aromatic carbocycles. The molecule has 4 bridgehead atoms. The van der Waals surface area contributed by atoms with E-state index in [1.807, 2.05) is 0 Å². The van der Waals surface area contributed by atoms with Crippen LogP contribution in [-0.4, -0.2) is 36.3 Å². The van der Waals surface area contributed by atoms with E-state index in [-0.39, 0.29) is 0 Å². The number of hydrogen-bond acceptors (Lipinski definition) is 4. The third-order valence-electron chi connectivity index (χ3n) is 5.98. The maximum absolute atomic E-state index is 13.6. The molecule has 26 heavy (non-hydrogen) atoms. The predicted molar refractivity (Wildman–Crippen MR) is 71.4 cm³/mol. The normalized spacial score (nSPS) is 34.0. The van der Waals surface area contributed by atoms with Gasteiger partial charge in [0.05, 0.1) is 6.61 Å². The first-order valence-corrected chi connectivity index (χ1v) is 8.33. The number of esters is 1. The summed E-state index contributed by atoms with van der Waals surface area (Å²) in [6, 6.07) is 0. The van der Waals surface area contributed by atoms with Gasteiger partial charge in [-0.3, -0.25) is 0 Å². The molecule has 10 heteroatoms. The van der Waals surface area contributed by atoms with Crippen molar-refractivity contribution in [2.24, 2.45) is 23.2 Å². The second kappa shape index (κ2) is 5.76. The lowest BCUT2D eigenvalue weighted by Gasteiger charge is -2.56. The van der Waals surface area contributed by atoms with Crippen molar-refractivity contribution < 1.29 is 45.8 Å². The Bertz CT molecular complexity index is 583. The molecule has 0 atom stereocenters. The zero-order valence-corrected chi connectivity index (χ0v) is 13.6. The molecule has 0 spiro atoms. The van der Waals surface area contributed by atoms with Gasteiger partial charge in [0.1, 0.15) is 5.97 Å². The first-order valence-electron chi connectivity index (χ1n) is 8.33. The number of hydrogen-bond donors (Lipinski definition) is 0. The van der Waals surface area contributed by atoms with Crippen LogP contribution in [0, 0.1) is 23.2 Å². The number of carbonyl (C=O) groups excluding carboxylic acids is 2. The Hall–Kier alpha value is -1.48. The molecule has 0 radical (unpaired) electrons. The number of carboxylic acids is 1. The maximum Gasteiger partial charge on any atom is 0.411 e. The highest BCUT2D eigenvalue weighted by molar-refractivity contribution is 5.83. The number of carboxylic acid groups (broad SMARTS) is 1. The van der Waals surface area contributed by atoms with Crippen LogP contribution < -0.4 is 5.11 Å². The summed E-state index contributed by atoms with van der Waals surface area (Å²) in [6.07, 6.45) is 4.84. The number of rotatable bonds is 6. The van der Waals surface area contributed by atoms with Crippen molar-refractivity contribution in [1.29, 1.82) is 0 Å². The fraction of sp³-hybridized carbons (Fsp3) is 0.875. The molecule has 0 aliphatic heterocycles. The molecular weight excluding hydrogens is 370 g/mol. The summed E-state index contributed by atoms with van der Waals surface area (Å²) >= 11 is 0. The van der Waals surface area contributed by atoms with E-state index in [0.717, 1.165) is 19.3 Å². The third kappa shape index (κ3) is 2.76. The van der Waals surface area contributed by atoms with Crippen LogP contribution in [0.5, 0.6) is 0 Å². The van der Waals surface area contributed by atoms with E-state index in [0.29, 0.717) is 37.0 Å². The lowest BCUT2D eigenvalue weighted by Crippen LogP contribution is -2.64. The number of alkyl halides is 6. The Morgan fingerprint density at radius 2 is 1.31 bits per heavy atom. The lowest BCUT2D eigenvalue weighted by atomic mass is 9.50. The highest BCUT2D eigenvalue weighted by Crippen LogP contribution is 2.60. The van der Waals surface area contributed by atoms with Gasteiger partial charge in [-0.05, 0) is 56.3 Å². The van der Waals surface area contributed by atoms with Crippen molar-refractivity contribution in [2.75, 3.05) is 6.61 Å². The Kier molecular flexibility index (Phi) is 4.27. The van der Waals surface area contributed by atoms with Gasteiger partial charge >= 0.3 is 23.7 Å². The van der Waals surface area contributed by atoms with Crippen LogP contribution in [0.3, 0.4) is 0 Å². The molecule has 0 aromatic heterocycles. The predicted octanol–water partition coefficient (Wildman–Crippen LogP) is 2.40. The van der Waals surface area contributed by atoms with Gasteiger partial charge in [-0.1, -0.05) is 0 Å². The van der Waals surface area contributed by atoms with Crippen molar-refractivity contribution in [1.82, 2.24) is 0 Å². The van der Waals surface area contributed by atoms with Gasteiger partial charge in [-0.25, -0.2) is 4.79 Å². The summed E-state index contributed by atoms with van der Waals surface area (Å²) in [7, 11) is 0. The Morgan fingerprint density at radius 1 is 0.885 bits per heavy atom. The third-order valence-corrected chi connectivity index (χ3v) is 5.98. The lowest BCUT2D eigenvalue weighted by molar-refractivity contribution is -0.366. The average Bonchev–Trinajstić information content (AvgIpc) is 2.50. The van der Waals surface area contributed by atoms with Gasteiger partial charge in [-0.15, -0.1) is 0 Å². The van der Waals surface area contributed by atoms with Gasteiger partial charge < -0.3 is 14.6 Å². The Balaban J connectivity index is 1.70. The molecule has 4 nitrogen and oxygen atoms in total. The molecule has 4 rings (SSSR count). The summed E-state index contributed by atoms with van der Waals surface area (Å²) in [5, 5.41) is 10.1. The molecule has 4 fully saturated rings. The molecule has 148 valence electrons. The average molecular weight is 387 g/mol. The molecule has 0 amide bonds. The number of halogens is 6. The smallest absolute Gasteiger partial charge is 0.411 e. The van der Waals surface area contributed by atoms with Gasteiger partial charge in [-0.2, -0.15) is 26.3 Å². The molecule has 0 N–H and O–H groups in total. The van der Waals surface area contributed by atoms with Crippen LogP contribution in [-0.2, 0) is 14.3 Å². The van der Waals surface area contributed by atoms with Crippen molar-refractivity contribution >= 4 is 11.9 Å². The Labute approximate surface area is 144 Å². The summed E-state index contributed by atoms with van der Waals surface area (Å²) in [4.78, 5) is 21.6. The van der Waals surface area contributed by atoms with Crippen molar-refractivity contribution in [2.45, 2.75) is 56.3 Å². The highest BCUT2D eigenvalue weighted by Gasteiger charge is 2.76. The zero-order valence-electron chi connectivity index (χ0n) is 13.6. The Morgan fingerprint density at radius 3 is 1.69 bits per heavy atom. The largest absolute Gasteiger partial charge is 0.544 e. The van der Waals surface area contributed by atoms with Crippen molar-refractivity contribution in [3.05, 3.63) is 0 Å². The highest BCUT2D eigenvalue weighted by atomic mass is 19.3. The summed E-state index contributed by atoms with van der Waals surface area (Å²) in [6.45, 7) is -0.558. The zero-order chi connectivity index (χ0) is 19.5. The SMILES string of the molecule is O=C([O-])C(F)(F)C(F)(F)C(F)(F)C(=O)OCC12CC3CC(CC(C3)C1)C2. The minimum atomic E-state index is -6.47. The molecule has 0 aromatic rings. The molecular formula is C16H17F6O4-. The summed E-state index contributed by atoms with van der Waals surface area (Å²) in [5.41, 5.74) is -0.591. The van der Waals surface area contributed by atoms with Gasteiger partial charge in [0, 0.05) is 5.41 Å². The molecule has 4 saturated carbocycles. The van der Waals surface area contributed by atoms with Crippen LogP contribution in [0.1, 0.15) is 38.5 Å². The van der Waals surface area contributed by atoms with E-state index in [1.165, 1.54) is 0 Å². The second-order valence-electron chi connectivity index (χ2n) is 8.00. The van der Waals surface area contributed by atoms with Crippen LogP contribution >= 0.6 is 0 Å². The molecule has 0 saturated heterocycles. The number of aliphatic carboxylic acids is 1. The number of carbonyl (C=O) groups is 2. The van der Waals surface area contributed by atoms with Crippen LogP contribution in [0.25, 0.3) is 0 Å².